The highest BCUT2D eigenvalue weighted by Crippen LogP contribution is 2.32. The summed E-state index contributed by atoms with van der Waals surface area (Å²) >= 11 is 0. The molecule has 4 heterocycles. The Morgan fingerprint density at radius 2 is 1.60 bits per heavy atom. The van der Waals surface area contributed by atoms with Crippen molar-refractivity contribution in [2.45, 2.75) is 0 Å². The van der Waals surface area contributed by atoms with Crippen LogP contribution in [0.2, 0.25) is 0 Å². The predicted molar refractivity (Wildman–Crippen MR) is 118 cm³/mol. The van der Waals surface area contributed by atoms with Crippen molar-refractivity contribution < 1.29 is 0 Å². The molecule has 0 spiro atoms. The van der Waals surface area contributed by atoms with Crippen LogP contribution < -0.4 is 0 Å². The molecule has 0 bridgehead atoms. The number of pyridine rings is 2. The number of nitrogens with zero attached hydrogens (tertiary/aromatic N) is 4. The number of benzene rings is 2. The Hall–Kier alpha value is -4.32. The summed E-state index contributed by atoms with van der Waals surface area (Å²) in [6.45, 7) is 0. The summed E-state index contributed by atoms with van der Waals surface area (Å²) in [5, 5.41) is 8.66. The largest absolute Gasteiger partial charge is 0.335 e. The maximum atomic E-state index is 4.89. The number of aromatic amines is 2. The van der Waals surface area contributed by atoms with Crippen LogP contribution in [-0.4, -0.2) is 30.1 Å². The van der Waals surface area contributed by atoms with Gasteiger partial charge in [0.2, 0.25) is 0 Å². The van der Waals surface area contributed by atoms with Gasteiger partial charge in [0, 0.05) is 35.1 Å². The van der Waals surface area contributed by atoms with E-state index >= 15 is 0 Å². The fourth-order valence-electron chi connectivity index (χ4n) is 3.78. The van der Waals surface area contributed by atoms with E-state index in [9.17, 15) is 0 Å². The average Bonchev–Trinajstić information content (AvgIpc) is 3.43. The van der Waals surface area contributed by atoms with E-state index in [-0.39, 0.29) is 0 Å². The number of hydrogen-bond donors (Lipinski definition) is 2. The van der Waals surface area contributed by atoms with Crippen LogP contribution in [0.4, 0.5) is 0 Å². The molecule has 0 atom stereocenters. The van der Waals surface area contributed by atoms with Crippen molar-refractivity contribution in [1.82, 2.24) is 30.1 Å². The molecule has 0 amide bonds. The topological polar surface area (TPSA) is 83.1 Å². The first-order chi connectivity index (χ1) is 14.9. The van der Waals surface area contributed by atoms with E-state index < -0.39 is 0 Å². The van der Waals surface area contributed by atoms with E-state index in [0.29, 0.717) is 5.82 Å². The van der Waals surface area contributed by atoms with E-state index in [4.69, 9.17) is 4.98 Å². The van der Waals surface area contributed by atoms with Crippen molar-refractivity contribution in [3.8, 4) is 33.8 Å². The van der Waals surface area contributed by atoms with E-state index in [2.05, 4.69) is 49.4 Å². The lowest BCUT2D eigenvalue weighted by Gasteiger charge is -2.01. The van der Waals surface area contributed by atoms with Gasteiger partial charge in [-0.05, 0) is 29.3 Å². The number of hydrogen-bond acceptors (Lipinski definition) is 4. The van der Waals surface area contributed by atoms with Crippen LogP contribution in [0.3, 0.4) is 0 Å². The standard InChI is InChI=1S/C24H16N6/c1-2-5-15(6-3-1)19-13-26-14-21-22(19)28-24(27-21)23-18-11-16(8-9-20(18)29-30-23)17-7-4-10-25-12-17/h1-14H,(H,27,28)(H,29,30). The Morgan fingerprint density at radius 1 is 0.700 bits per heavy atom. The number of H-pyrrole nitrogens is 2. The van der Waals surface area contributed by atoms with Crippen LogP contribution in [0.1, 0.15) is 0 Å². The van der Waals surface area contributed by atoms with Gasteiger partial charge in [-0.1, -0.05) is 42.5 Å². The van der Waals surface area contributed by atoms with Gasteiger partial charge in [0.1, 0.15) is 5.69 Å². The second kappa shape index (κ2) is 6.63. The maximum Gasteiger partial charge on any atom is 0.159 e. The van der Waals surface area contributed by atoms with Crippen LogP contribution in [0, 0.1) is 0 Å². The third kappa shape index (κ3) is 2.66. The van der Waals surface area contributed by atoms with Gasteiger partial charge in [-0.25, -0.2) is 4.98 Å². The molecule has 2 aromatic carbocycles. The first-order valence-corrected chi connectivity index (χ1v) is 9.65. The fourth-order valence-corrected chi connectivity index (χ4v) is 3.78. The fraction of sp³-hybridized carbons (Fsp3) is 0. The van der Waals surface area contributed by atoms with Crippen molar-refractivity contribution in [3.63, 3.8) is 0 Å². The smallest absolute Gasteiger partial charge is 0.159 e. The molecule has 6 rings (SSSR count). The highest BCUT2D eigenvalue weighted by atomic mass is 15.1. The molecule has 4 aromatic heterocycles. The van der Waals surface area contributed by atoms with Gasteiger partial charge in [0.05, 0.1) is 22.7 Å². The molecular weight excluding hydrogens is 372 g/mol. The number of fused-ring (bicyclic) bond motifs is 2. The molecule has 0 fully saturated rings. The Balaban J connectivity index is 1.52. The summed E-state index contributed by atoms with van der Waals surface area (Å²) in [5.74, 6) is 0.713. The first kappa shape index (κ1) is 16.6. The summed E-state index contributed by atoms with van der Waals surface area (Å²) in [6, 6.07) is 20.4. The normalized spacial score (nSPS) is 11.3. The van der Waals surface area contributed by atoms with Gasteiger partial charge in [0.15, 0.2) is 5.82 Å². The summed E-state index contributed by atoms with van der Waals surface area (Å²) < 4.78 is 0. The van der Waals surface area contributed by atoms with Crippen LogP contribution in [0.25, 0.3) is 55.7 Å². The molecule has 142 valence electrons. The summed E-state index contributed by atoms with van der Waals surface area (Å²) in [5.41, 5.74) is 7.72. The molecule has 0 unspecified atom stereocenters. The lowest BCUT2D eigenvalue weighted by atomic mass is 10.0. The van der Waals surface area contributed by atoms with Gasteiger partial charge in [-0.3, -0.25) is 15.1 Å². The van der Waals surface area contributed by atoms with Crippen molar-refractivity contribution in [2.24, 2.45) is 0 Å². The molecular formula is C24H16N6. The molecule has 30 heavy (non-hydrogen) atoms. The number of nitrogens with one attached hydrogen (secondary N) is 2. The summed E-state index contributed by atoms with van der Waals surface area (Å²) in [4.78, 5) is 16.9. The van der Waals surface area contributed by atoms with Crippen molar-refractivity contribution in [1.29, 1.82) is 0 Å². The van der Waals surface area contributed by atoms with Gasteiger partial charge < -0.3 is 4.98 Å². The van der Waals surface area contributed by atoms with E-state index in [1.165, 1.54) is 0 Å². The van der Waals surface area contributed by atoms with Crippen LogP contribution in [-0.2, 0) is 0 Å². The molecule has 0 radical (unpaired) electrons. The van der Waals surface area contributed by atoms with E-state index in [1.807, 2.05) is 48.8 Å². The molecule has 6 aromatic rings. The molecule has 0 aliphatic heterocycles. The van der Waals surface area contributed by atoms with Crippen molar-refractivity contribution in [3.05, 3.63) is 85.5 Å². The molecule has 2 N–H and O–H groups in total. The minimum absolute atomic E-state index is 0.713. The lowest BCUT2D eigenvalue weighted by Crippen LogP contribution is -1.83. The molecule has 0 saturated carbocycles. The molecule has 6 heteroatoms. The molecule has 6 nitrogen and oxygen atoms in total. The van der Waals surface area contributed by atoms with Gasteiger partial charge in [0.25, 0.3) is 0 Å². The second-order valence-corrected chi connectivity index (χ2v) is 7.11. The zero-order chi connectivity index (χ0) is 19.9. The van der Waals surface area contributed by atoms with E-state index in [0.717, 1.165) is 49.9 Å². The predicted octanol–water partition coefficient (Wildman–Crippen LogP) is 5.23. The molecule has 0 aliphatic rings. The first-order valence-electron chi connectivity index (χ1n) is 9.65. The van der Waals surface area contributed by atoms with Crippen LogP contribution >= 0.6 is 0 Å². The summed E-state index contributed by atoms with van der Waals surface area (Å²) in [6.07, 6.45) is 7.29. The SMILES string of the molecule is c1ccc(-c2cncc3[nH]c(-c4n[nH]c5ccc(-c6cccnc6)cc45)nc23)cc1. The molecule has 0 aliphatic carbocycles. The van der Waals surface area contributed by atoms with Crippen LogP contribution in [0.15, 0.2) is 85.5 Å². The number of imidazole rings is 1. The van der Waals surface area contributed by atoms with Crippen molar-refractivity contribution >= 4 is 21.9 Å². The highest BCUT2D eigenvalue weighted by molar-refractivity contribution is 5.97. The van der Waals surface area contributed by atoms with Gasteiger partial charge in [-0.15, -0.1) is 0 Å². The van der Waals surface area contributed by atoms with Gasteiger partial charge in [-0.2, -0.15) is 5.10 Å². The number of rotatable bonds is 3. The molecule has 0 saturated heterocycles. The van der Waals surface area contributed by atoms with Gasteiger partial charge >= 0.3 is 0 Å². The second-order valence-electron chi connectivity index (χ2n) is 7.11. The Morgan fingerprint density at radius 3 is 2.47 bits per heavy atom. The van der Waals surface area contributed by atoms with Crippen LogP contribution in [0.5, 0.6) is 0 Å². The lowest BCUT2D eigenvalue weighted by molar-refractivity contribution is 1.11. The monoisotopic (exact) mass is 388 g/mol. The highest BCUT2D eigenvalue weighted by Gasteiger charge is 2.16. The van der Waals surface area contributed by atoms with Crippen molar-refractivity contribution in [2.75, 3.05) is 0 Å². The minimum atomic E-state index is 0.713. The Labute approximate surface area is 171 Å². The zero-order valence-corrected chi connectivity index (χ0v) is 15.9. The van der Waals surface area contributed by atoms with E-state index in [1.54, 1.807) is 12.4 Å². The number of aromatic nitrogens is 6. The maximum absolute atomic E-state index is 4.89. The Kier molecular flexibility index (Phi) is 3.67. The average molecular weight is 388 g/mol. The zero-order valence-electron chi connectivity index (χ0n) is 15.9. The summed E-state index contributed by atoms with van der Waals surface area (Å²) in [7, 11) is 0. The third-order valence-corrected chi connectivity index (χ3v) is 5.26. The third-order valence-electron chi connectivity index (χ3n) is 5.26. The quantitative estimate of drug-likeness (QED) is 0.435. The Bertz CT molecular complexity index is 1480. The minimum Gasteiger partial charge on any atom is -0.335 e.